The normalized spacial score (nSPS) is 22.8. The molecule has 23 heavy (non-hydrogen) atoms. The summed E-state index contributed by atoms with van der Waals surface area (Å²) in [4.78, 5) is 26.9. The first-order valence-electron chi connectivity index (χ1n) is 8.09. The Morgan fingerprint density at radius 2 is 1.96 bits per heavy atom. The number of ketones is 2. The van der Waals surface area contributed by atoms with E-state index < -0.39 is 6.04 Å². The SMILES string of the molecule is CC(=O)C1CCCN(C(C(=O)C2CC2)c2ccccc2F)C1=S. The molecule has 0 radical (unpaired) electrons. The van der Waals surface area contributed by atoms with Gasteiger partial charge in [-0.2, -0.15) is 0 Å². The van der Waals surface area contributed by atoms with Crippen LogP contribution in [-0.4, -0.2) is 28.0 Å². The molecule has 2 unspecified atom stereocenters. The van der Waals surface area contributed by atoms with Crippen molar-refractivity contribution >= 4 is 28.8 Å². The summed E-state index contributed by atoms with van der Waals surface area (Å²) in [6, 6.07) is 5.68. The average molecular weight is 333 g/mol. The van der Waals surface area contributed by atoms with Crippen LogP contribution in [0, 0.1) is 17.7 Å². The van der Waals surface area contributed by atoms with E-state index in [1.165, 1.54) is 13.0 Å². The van der Waals surface area contributed by atoms with Gasteiger partial charge in [0.2, 0.25) is 0 Å². The van der Waals surface area contributed by atoms with Crippen LogP contribution in [0.3, 0.4) is 0 Å². The quantitative estimate of drug-likeness (QED) is 0.773. The molecule has 0 amide bonds. The number of thiocarbonyl (C=S) groups is 1. The summed E-state index contributed by atoms with van der Waals surface area (Å²) in [5.41, 5.74) is 0.371. The van der Waals surface area contributed by atoms with Crippen LogP contribution in [0.2, 0.25) is 0 Å². The molecule has 0 bridgehead atoms. The second kappa shape index (κ2) is 6.48. The van der Waals surface area contributed by atoms with Crippen molar-refractivity contribution in [1.29, 1.82) is 0 Å². The number of hydrogen-bond donors (Lipinski definition) is 0. The largest absolute Gasteiger partial charge is 0.351 e. The van der Waals surface area contributed by atoms with Crippen LogP contribution in [0.4, 0.5) is 4.39 Å². The summed E-state index contributed by atoms with van der Waals surface area (Å²) in [5.74, 6) is -0.674. The number of rotatable bonds is 5. The predicted octanol–water partition coefficient (Wildman–Crippen LogP) is 3.47. The third kappa shape index (κ3) is 3.20. The summed E-state index contributed by atoms with van der Waals surface area (Å²) >= 11 is 5.50. The highest BCUT2D eigenvalue weighted by atomic mass is 32.1. The minimum absolute atomic E-state index is 0.000103. The molecule has 0 aromatic heterocycles. The molecule has 1 heterocycles. The molecule has 1 saturated heterocycles. The number of hydrogen-bond acceptors (Lipinski definition) is 3. The Hall–Kier alpha value is -1.62. The number of Topliss-reactive ketones (excluding diaryl/α,β-unsaturated/α-hetero) is 2. The maximum Gasteiger partial charge on any atom is 0.162 e. The van der Waals surface area contributed by atoms with Gasteiger partial charge in [0, 0.05) is 18.0 Å². The average Bonchev–Trinajstić information content (AvgIpc) is 3.35. The van der Waals surface area contributed by atoms with Crippen LogP contribution in [-0.2, 0) is 9.59 Å². The third-order valence-electron chi connectivity index (χ3n) is 4.72. The van der Waals surface area contributed by atoms with Gasteiger partial charge in [0.05, 0.1) is 10.9 Å². The third-order valence-corrected chi connectivity index (χ3v) is 5.24. The number of piperidine rings is 1. The van der Waals surface area contributed by atoms with Gasteiger partial charge in [-0.25, -0.2) is 4.39 Å². The number of likely N-dealkylation sites (tertiary alicyclic amines) is 1. The van der Waals surface area contributed by atoms with Crippen molar-refractivity contribution in [3.63, 3.8) is 0 Å². The number of carbonyl (C=O) groups excluding carboxylic acids is 2. The molecule has 2 fully saturated rings. The van der Waals surface area contributed by atoms with Crippen molar-refractivity contribution in [1.82, 2.24) is 4.90 Å². The monoisotopic (exact) mass is 333 g/mol. The Kier molecular flexibility index (Phi) is 4.57. The van der Waals surface area contributed by atoms with E-state index in [4.69, 9.17) is 12.2 Å². The first-order valence-corrected chi connectivity index (χ1v) is 8.50. The van der Waals surface area contributed by atoms with Crippen molar-refractivity contribution < 1.29 is 14.0 Å². The van der Waals surface area contributed by atoms with Crippen LogP contribution in [0.15, 0.2) is 24.3 Å². The summed E-state index contributed by atoms with van der Waals surface area (Å²) < 4.78 is 14.3. The molecule has 3 rings (SSSR count). The van der Waals surface area contributed by atoms with E-state index in [-0.39, 0.29) is 29.2 Å². The molecule has 2 aliphatic rings. The van der Waals surface area contributed by atoms with Crippen molar-refractivity contribution in [2.75, 3.05) is 6.54 Å². The Bertz CT molecular complexity index is 656. The second-order valence-electron chi connectivity index (χ2n) is 6.44. The van der Waals surface area contributed by atoms with Crippen LogP contribution >= 0.6 is 12.2 Å². The number of halogens is 1. The van der Waals surface area contributed by atoms with Gasteiger partial charge in [-0.15, -0.1) is 0 Å². The lowest BCUT2D eigenvalue weighted by atomic mass is 9.90. The van der Waals surface area contributed by atoms with Gasteiger partial charge in [-0.3, -0.25) is 9.59 Å². The Labute approximate surface area is 140 Å². The molecule has 1 aliphatic heterocycles. The molecule has 0 spiro atoms. The van der Waals surface area contributed by atoms with E-state index in [1.54, 1.807) is 23.1 Å². The fourth-order valence-corrected chi connectivity index (χ4v) is 3.78. The zero-order chi connectivity index (χ0) is 16.6. The van der Waals surface area contributed by atoms with Crippen LogP contribution in [0.5, 0.6) is 0 Å². The number of nitrogens with zero attached hydrogens (tertiary/aromatic N) is 1. The van der Waals surface area contributed by atoms with Gasteiger partial charge in [-0.1, -0.05) is 30.4 Å². The molecule has 1 aliphatic carbocycles. The molecule has 122 valence electrons. The lowest BCUT2D eigenvalue weighted by Gasteiger charge is -2.39. The van der Waals surface area contributed by atoms with E-state index >= 15 is 0 Å². The molecule has 5 heteroatoms. The van der Waals surface area contributed by atoms with E-state index in [9.17, 15) is 14.0 Å². The molecular weight excluding hydrogens is 313 g/mol. The Morgan fingerprint density at radius 1 is 1.26 bits per heavy atom. The van der Waals surface area contributed by atoms with E-state index in [0.717, 1.165) is 19.3 Å². The lowest BCUT2D eigenvalue weighted by Crippen LogP contribution is -2.47. The van der Waals surface area contributed by atoms with Gasteiger partial charge in [0.15, 0.2) is 5.78 Å². The summed E-state index contributed by atoms with van der Waals surface area (Å²) in [5, 5.41) is 0. The first kappa shape index (κ1) is 16.2. The molecule has 1 aromatic carbocycles. The van der Waals surface area contributed by atoms with Gasteiger partial charge >= 0.3 is 0 Å². The molecular formula is C18H20FNO2S. The topological polar surface area (TPSA) is 37.4 Å². The van der Waals surface area contributed by atoms with Crippen molar-refractivity contribution in [2.45, 2.75) is 38.6 Å². The first-order chi connectivity index (χ1) is 11.0. The maximum atomic E-state index is 14.3. The van der Waals surface area contributed by atoms with Gasteiger partial charge < -0.3 is 4.90 Å². The molecule has 2 atom stereocenters. The molecule has 3 nitrogen and oxygen atoms in total. The molecule has 1 aromatic rings. The Morgan fingerprint density at radius 3 is 2.57 bits per heavy atom. The van der Waals surface area contributed by atoms with Gasteiger partial charge in [0.25, 0.3) is 0 Å². The highest BCUT2D eigenvalue weighted by molar-refractivity contribution is 7.80. The predicted molar refractivity (Wildman–Crippen MR) is 89.6 cm³/mol. The summed E-state index contributed by atoms with van der Waals surface area (Å²) in [6.45, 7) is 2.13. The van der Waals surface area contributed by atoms with Gasteiger partial charge in [0.1, 0.15) is 17.6 Å². The summed E-state index contributed by atoms with van der Waals surface area (Å²) in [6.07, 6.45) is 3.22. The second-order valence-corrected chi connectivity index (χ2v) is 6.86. The number of benzene rings is 1. The van der Waals surface area contributed by atoms with Crippen LogP contribution in [0.1, 0.15) is 44.2 Å². The highest BCUT2D eigenvalue weighted by Gasteiger charge is 2.42. The minimum atomic E-state index is -0.696. The standard InChI is InChI=1S/C18H20FNO2S/c1-11(21)13-6-4-10-20(18(13)23)16(17(22)12-8-9-12)14-5-2-3-7-15(14)19/h2-3,5,7,12-13,16H,4,6,8-10H2,1H3. The van der Waals surface area contributed by atoms with Crippen LogP contribution < -0.4 is 0 Å². The zero-order valence-electron chi connectivity index (χ0n) is 13.1. The van der Waals surface area contributed by atoms with Crippen LogP contribution in [0.25, 0.3) is 0 Å². The fraction of sp³-hybridized carbons (Fsp3) is 0.500. The fourth-order valence-electron chi connectivity index (χ4n) is 3.30. The zero-order valence-corrected chi connectivity index (χ0v) is 13.9. The van der Waals surface area contributed by atoms with Crippen molar-refractivity contribution in [2.24, 2.45) is 11.8 Å². The van der Waals surface area contributed by atoms with E-state index in [1.807, 2.05) is 0 Å². The molecule has 0 N–H and O–H groups in total. The summed E-state index contributed by atoms with van der Waals surface area (Å²) in [7, 11) is 0. The maximum absolute atomic E-state index is 14.3. The molecule has 1 saturated carbocycles. The van der Waals surface area contributed by atoms with E-state index in [2.05, 4.69) is 0 Å². The smallest absolute Gasteiger partial charge is 0.162 e. The Balaban J connectivity index is 1.98. The van der Waals surface area contributed by atoms with Gasteiger partial charge in [-0.05, 0) is 38.7 Å². The van der Waals surface area contributed by atoms with E-state index in [0.29, 0.717) is 23.5 Å². The lowest BCUT2D eigenvalue weighted by molar-refractivity contribution is -0.125. The minimum Gasteiger partial charge on any atom is -0.351 e. The van der Waals surface area contributed by atoms with Crippen molar-refractivity contribution in [3.05, 3.63) is 35.6 Å². The number of carbonyl (C=O) groups is 2. The highest BCUT2D eigenvalue weighted by Crippen LogP contribution is 2.39. The van der Waals surface area contributed by atoms with Crippen molar-refractivity contribution in [3.8, 4) is 0 Å².